The van der Waals surface area contributed by atoms with Crippen LogP contribution in [0.1, 0.15) is 29.5 Å². The molecule has 0 atom stereocenters. The summed E-state index contributed by atoms with van der Waals surface area (Å²) in [5.74, 6) is 0.0608. The van der Waals surface area contributed by atoms with Gasteiger partial charge in [-0.05, 0) is 41.7 Å². The van der Waals surface area contributed by atoms with Crippen molar-refractivity contribution in [3.63, 3.8) is 0 Å². The Bertz CT molecular complexity index is 1120. The van der Waals surface area contributed by atoms with Crippen LogP contribution < -0.4 is 5.32 Å². The zero-order valence-electron chi connectivity index (χ0n) is 18.2. The van der Waals surface area contributed by atoms with E-state index in [-0.39, 0.29) is 5.91 Å². The van der Waals surface area contributed by atoms with E-state index in [1.807, 2.05) is 42.7 Å². The maximum atomic E-state index is 12.1. The van der Waals surface area contributed by atoms with Crippen LogP contribution in [0.4, 0.5) is 0 Å². The SMILES string of the molecule is O=C(CCCOCCc1ccccc1)NCc1ccc(Cn2cnc3ccccc32)cc1. The van der Waals surface area contributed by atoms with E-state index in [0.29, 0.717) is 26.2 Å². The molecule has 3 aromatic carbocycles. The zero-order chi connectivity index (χ0) is 22.0. The summed E-state index contributed by atoms with van der Waals surface area (Å²) >= 11 is 0. The maximum Gasteiger partial charge on any atom is 0.220 e. The van der Waals surface area contributed by atoms with Crippen LogP contribution >= 0.6 is 0 Å². The molecule has 4 aromatic rings. The van der Waals surface area contributed by atoms with Gasteiger partial charge in [0.05, 0.1) is 24.0 Å². The highest BCUT2D eigenvalue weighted by Crippen LogP contribution is 2.14. The Balaban J connectivity index is 1.13. The molecule has 1 heterocycles. The van der Waals surface area contributed by atoms with Gasteiger partial charge in [-0.2, -0.15) is 0 Å². The molecule has 0 radical (unpaired) electrons. The van der Waals surface area contributed by atoms with Crippen molar-refractivity contribution in [1.29, 1.82) is 0 Å². The number of imidazole rings is 1. The average molecular weight is 428 g/mol. The first-order valence-electron chi connectivity index (χ1n) is 11.1. The molecule has 32 heavy (non-hydrogen) atoms. The predicted molar refractivity (Wildman–Crippen MR) is 127 cm³/mol. The fraction of sp³-hybridized carbons (Fsp3) is 0.259. The minimum absolute atomic E-state index is 0.0608. The number of carbonyl (C=O) groups excluding carboxylic acids is 1. The number of nitrogens with one attached hydrogen (secondary N) is 1. The molecule has 1 N–H and O–H groups in total. The van der Waals surface area contributed by atoms with Gasteiger partial charge < -0.3 is 14.6 Å². The van der Waals surface area contributed by atoms with Gasteiger partial charge >= 0.3 is 0 Å². The van der Waals surface area contributed by atoms with Gasteiger partial charge in [0.25, 0.3) is 0 Å². The van der Waals surface area contributed by atoms with Crippen LogP contribution in [0, 0.1) is 0 Å². The topological polar surface area (TPSA) is 56.1 Å². The molecular formula is C27H29N3O2. The summed E-state index contributed by atoms with van der Waals surface area (Å²) in [6.07, 6.45) is 4.00. The number of fused-ring (bicyclic) bond motifs is 1. The molecular weight excluding hydrogens is 398 g/mol. The minimum atomic E-state index is 0.0608. The van der Waals surface area contributed by atoms with Crippen molar-refractivity contribution in [2.24, 2.45) is 0 Å². The summed E-state index contributed by atoms with van der Waals surface area (Å²) in [5, 5.41) is 3.00. The summed E-state index contributed by atoms with van der Waals surface area (Å²) in [6, 6.07) is 26.8. The summed E-state index contributed by atoms with van der Waals surface area (Å²) in [4.78, 5) is 16.5. The highest BCUT2D eigenvalue weighted by Gasteiger charge is 2.04. The first-order chi connectivity index (χ1) is 15.8. The van der Waals surface area contributed by atoms with E-state index in [2.05, 4.69) is 57.3 Å². The standard InChI is InChI=1S/C27H29N3O2/c31-27(11-6-17-32-18-16-22-7-2-1-3-8-22)28-19-23-12-14-24(15-13-23)20-30-21-29-25-9-4-5-10-26(25)30/h1-5,7-10,12-15,21H,6,11,16-20H2,(H,28,31). The second-order valence-electron chi connectivity index (χ2n) is 7.91. The number of hydrogen-bond acceptors (Lipinski definition) is 3. The largest absolute Gasteiger partial charge is 0.381 e. The molecule has 1 amide bonds. The Hall–Kier alpha value is -3.44. The van der Waals surface area contributed by atoms with Crippen LogP contribution in [-0.4, -0.2) is 28.7 Å². The van der Waals surface area contributed by atoms with Gasteiger partial charge in [-0.25, -0.2) is 4.98 Å². The number of ether oxygens (including phenoxy) is 1. The number of amides is 1. The summed E-state index contributed by atoms with van der Waals surface area (Å²) < 4.78 is 7.79. The first-order valence-corrected chi connectivity index (χ1v) is 11.1. The third kappa shape index (κ3) is 6.28. The highest BCUT2D eigenvalue weighted by molar-refractivity contribution is 5.76. The Morgan fingerprint density at radius 2 is 1.59 bits per heavy atom. The van der Waals surface area contributed by atoms with Crippen molar-refractivity contribution in [1.82, 2.24) is 14.9 Å². The molecule has 0 bridgehead atoms. The Kier molecular flexibility index (Phi) is 7.66. The van der Waals surface area contributed by atoms with Gasteiger partial charge in [-0.15, -0.1) is 0 Å². The van der Waals surface area contributed by atoms with Crippen LogP contribution in [0.2, 0.25) is 0 Å². The molecule has 0 spiro atoms. The van der Waals surface area contributed by atoms with Crippen LogP contribution in [-0.2, 0) is 29.0 Å². The van der Waals surface area contributed by atoms with Gasteiger partial charge in [0.15, 0.2) is 0 Å². The number of para-hydroxylation sites is 2. The third-order valence-electron chi connectivity index (χ3n) is 5.46. The maximum absolute atomic E-state index is 12.1. The lowest BCUT2D eigenvalue weighted by Gasteiger charge is -2.08. The molecule has 0 fully saturated rings. The van der Waals surface area contributed by atoms with E-state index in [1.165, 1.54) is 11.1 Å². The second kappa shape index (κ2) is 11.3. The van der Waals surface area contributed by atoms with E-state index in [1.54, 1.807) is 0 Å². The van der Waals surface area contributed by atoms with Gasteiger partial charge in [0.2, 0.25) is 5.91 Å². The van der Waals surface area contributed by atoms with Gasteiger partial charge in [0, 0.05) is 26.1 Å². The molecule has 0 aliphatic carbocycles. The van der Waals surface area contributed by atoms with Gasteiger partial charge in [-0.3, -0.25) is 4.79 Å². The van der Waals surface area contributed by atoms with Crippen LogP contribution in [0.25, 0.3) is 11.0 Å². The van der Waals surface area contributed by atoms with Crippen molar-refractivity contribution < 1.29 is 9.53 Å². The number of hydrogen-bond donors (Lipinski definition) is 1. The molecule has 0 unspecified atom stereocenters. The second-order valence-corrected chi connectivity index (χ2v) is 7.91. The lowest BCUT2D eigenvalue weighted by molar-refractivity contribution is -0.121. The lowest BCUT2D eigenvalue weighted by Crippen LogP contribution is -2.22. The van der Waals surface area contributed by atoms with E-state index in [0.717, 1.165) is 36.0 Å². The molecule has 0 aliphatic heterocycles. The van der Waals surface area contributed by atoms with Crippen LogP contribution in [0.3, 0.4) is 0 Å². The Labute approximate surface area is 189 Å². The molecule has 0 saturated carbocycles. The van der Waals surface area contributed by atoms with Crippen molar-refractivity contribution >= 4 is 16.9 Å². The minimum Gasteiger partial charge on any atom is -0.381 e. The van der Waals surface area contributed by atoms with E-state index in [9.17, 15) is 4.79 Å². The van der Waals surface area contributed by atoms with Crippen molar-refractivity contribution in [2.45, 2.75) is 32.4 Å². The first kappa shape index (κ1) is 21.8. The van der Waals surface area contributed by atoms with E-state index >= 15 is 0 Å². The van der Waals surface area contributed by atoms with Crippen LogP contribution in [0.5, 0.6) is 0 Å². The van der Waals surface area contributed by atoms with Gasteiger partial charge in [-0.1, -0.05) is 66.7 Å². The molecule has 5 nitrogen and oxygen atoms in total. The Morgan fingerprint density at radius 3 is 2.44 bits per heavy atom. The number of nitrogens with zero attached hydrogens (tertiary/aromatic N) is 2. The number of aromatic nitrogens is 2. The van der Waals surface area contributed by atoms with Crippen molar-refractivity contribution in [2.75, 3.05) is 13.2 Å². The smallest absolute Gasteiger partial charge is 0.220 e. The summed E-state index contributed by atoms with van der Waals surface area (Å²) in [6.45, 7) is 2.62. The fourth-order valence-electron chi connectivity index (χ4n) is 3.66. The van der Waals surface area contributed by atoms with Gasteiger partial charge in [0.1, 0.15) is 0 Å². The summed E-state index contributed by atoms with van der Waals surface area (Å²) in [5.41, 5.74) is 5.71. The zero-order valence-corrected chi connectivity index (χ0v) is 18.2. The average Bonchev–Trinajstić information content (AvgIpc) is 3.24. The van der Waals surface area contributed by atoms with Crippen molar-refractivity contribution in [3.8, 4) is 0 Å². The highest BCUT2D eigenvalue weighted by atomic mass is 16.5. The summed E-state index contributed by atoms with van der Waals surface area (Å²) in [7, 11) is 0. The van der Waals surface area contributed by atoms with Crippen LogP contribution in [0.15, 0.2) is 85.2 Å². The third-order valence-corrected chi connectivity index (χ3v) is 5.46. The lowest BCUT2D eigenvalue weighted by atomic mass is 10.1. The number of carbonyl (C=O) groups is 1. The van der Waals surface area contributed by atoms with E-state index in [4.69, 9.17) is 4.74 Å². The number of rotatable bonds is 11. The molecule has 4 rings (SSSR count). The fourth-order valence-corrected chi connectivity index (χ4v) is 3.66. The molecule has 0 aliphatic rings. The normalized spacial score (nSPS) is 11.0. The number of benzene rings is 3. The van der Waals surface area contributed by atoms with E-state index < -0.39 is 0 Å². The molecule has 1 aromatic heterocycles. The molecule has 0 saturated heterocycles. The predicted octanol–water partition coefficient (Wildman–Crippen LogP) is 4.74. The monoisotopic (exact) mass is 427 g/mol. The Morgan fingerprint density at radius 1 is 0.844 bits per heavy atom. The van der Waals surface area contributed by atoms with Crippen molar-refractivity contribution in [3.05, 3.63) is 102 Å². The molecule has 5 heteroatoms. The quantitative estimate of drug-likeness (QED) is 0.352. The molecule has 164 valence electrons.